The minimum Gasteiger partial charge on any atom is -0.379 e. The van der Waals surface area contributed by atoms with E-state index in [0.29, 0.717) is 25.1 Å². The second kappa shape index (κ2) is 6.19. The number of hydrogen-bond acceptors (Lipinski definition) is 8. The van der Waals surface area contributed by atoms with Gasteiger partial charge in [0.2, 0.25) is 17.8 Å². The van der Waals surface area contributed by atoms with Crippen molar-refractivity contribution < 1.29 is 4.74 Å². The summed E-state index contributed by atoms with van der Waals surface area (Å²) in [6.07, 6.45) is 3.63. The molecule has 8 heteroatoms. The Balaban J connectivity index is 1.71. The molecule has 2 fully saturated rings. The van der Waals surface area contributed by atoms with E-state index in [-0.39, 0.29) is 5.95 Å². The molecule has 2 aliphatic heterocycles. The molecule has 0 bridgehead atoms. The summed E-state index contributed by atoms with van der Waals surface area (Å²) in [7, 11) is 0. The number of morpholine rings is 1. The highest BCUT2D eigenvalue weighted by molar-refractivity contribution is 5.41. The van der Waals surface area contributed by atoms with E-state index in [1.807, 2.05) is 5.01 Å². The highest BCUT2D eigenvalue weighted by atomic mass is 16.5. The SMILES string of the molecule is Nc1nc(NN2CCOCC2)nc(N2CCCCC2)n1. The van der Waals surface area contributed by atoms with Gasteiger partial charge in [0.25, 0.3) is 0 Å². The van der Waals surface area contributed by atoms with E-state index < -0.39 is 0 Å². The number of nitrogens with one attached hydrogen (secondary N) is 1. The van der Waals surface area contributed by atoms with E-state index >= 15 is 0 Å². The molecule has 3 rings (SSSR count). The number of piperidine rings is 1. The average Bonchev–Trinajstić information content (AvgIpc) is 2.49. The van der Waals surface area contributed by atoms with E-state index in [1.165, 1.54) is 19.3 Å². The maximum absolute atomic E-state index is 5.80. The largest absolute Gasteiger partial charge is 0.379 e. The number of rotatable bonds is 3. The minimum atomic E-state index is 0.260. The molecule has 1 aromatic rings. The lowest BCUT2D eigenvalue weighted by Crippen LogP contribution is -2.41. The molecular weight excluding hydrogens is 258 g/mol. The van der Waals surface area contributed by atoms with Crippen LogP contribution in [0.25, 0.3) is 0 Å². The van der Waals surface area contributed by atoms with Crippen molar-refractivity contribution in [3.8, 4) is 0 Å². The predicted octanol–water partition coefficient (Wildman–Crippen LogP) is 0.103. The molecule has 8 nitrogen and oxygen atoms in total. The maximum Gasteiger partial charge on any atom is 0.244 e. The second-order valence-corrected chi connectivity index (χ2v) is 5.08. The van der Waals surface area contributed by atoms with E-state index in [9.17, 15) is 0 Å². The first-order valence-corrected chi connectivity index (χ1v) is 7.17. The van der Waals surface area contributed by atoms with Gasteiger partial charge in [-0.25, -0.2) is 5.01 Å². The Bertz CT molecular complexity index is 443. The van der Waals surface area contributed by atoms with Gasteiger partial charge in [0.15, 0.2) is 0 Å². The van der Waals surface area contributed by atoms with E-state index in [4.69, 9.17) is 10.5 Å². The van der Waals surface area contributed by atoms with Crippen molar-refractivity contribution in [2.45, 2.75) is 19.3 Å². The van der Waals surface area contributed by atoms with Crippen LogP contribution in [-0.2, 0) is 4.74 Å². The first-order chi connectivity index (χ1) is 9.81. The Kier molecular flexibility index (Phi) is 4.12. The summed E-state index contributed by atoms with van der Waals surface area (Å²) < 4.78 is 5.31. The molecule has 20 heavy (non-hydrogen) atoms. The lowest BCUT2D eigenvalue weighted by atomic mass is 10.1. The van der Waals surface area contributed by atoms with Crippen molar-refractivity contribution in [3.05, 3.63) is 0 Å². The summed E-state index contributed by atoms with van der Waals surface area (Å²) in [6.45, 7) is 5.02. The molecule has 0 aliphatic carbocycles. The molecular formula is C12H21N7O. The first kappa shape index (κ1) is 13.3. The molecule has 0 spiro atoms. The quantitative estimate of drug-likeness (QED) is 0.805. The van der Waals surface area contributed by atoms with Gasteiger partial charge < -0.3 is 15.4 Å². The minimum absolute atomic E-state index is 0.260. The van der Waals surface area contributed by atoms with Crippen LogP contribution in [0.5, 0.6) is 0 Å². The van der Waals surface area contributed by atoms with Crippen molar-refractivity contribution in [2.75, 3.05) is 55.5 Å². The third-order valence-electron chi connectivity index (χ3n) is 3.55. The molecule has 2 saturated heterocycles. The van der Waals surface area contributed by atoms with Crippen molar-refractivity contribution in [3.63, 3.8) is 0 Å². The highest BCUT2D eigenvalue weighted by Crippen LogP contribution is 2.17. The van der Waals surface area contributed by atoms with Crippen LogP contribution in [-0.4, -0.2) is 59.4 Å². The van der Waals surface area contributed by atoms with E-state index in [1.54, 1.807) is 0 Å². The standard InChI is InChI=1S/C12H21N7O/c13-10-14-11(17-19-6-8-20-9-7-19)16-12(15-10)18-4-2-1-3-5-18/h1-9H2,(H3,13,14,15,16,17). The monoisotopic (exact) mass is 279 g/mol. The molecule has 0 aromatic carbocycles. The van der Waals surface area contributed by atoms with Crippen LogP contribution < -0.4 is 16.1 Å². The number of nitrogens with zero attached hydrogens (tertiary/aromatic N) is 5. The van der Waals surface area contributed by atoms with Gasteiger partial charge in [0, 0.05) is 26.2 Å². The number of aromatic nitrogens is 3. The molecule has 1 aromatic heterocycles. The summed E-state index contributed by atoms with van der Waals surface area (Å²) in [6, 6.07) is 0. The fraction of sp³-hybridized carbons (Fsp3) is 0.750. The van der Waals surface area contributed by atoms with Gasteiger partial charge in [-0.3, -0.25) is 5.43 Å². The van der Waals surface area contributed by atoms with Gasteiger partial charge in [-0.2, -0.15) is 15.0 Å². The smallest absolute Gasteiger partial charge is 0.244 e. The van der Waals surface area contributed by atoms with Crippen LogP contribution in [0.1, 0.15) is 19.3 Å². The summed E-state index contributed by atoms with van der Waals surface area (Å²) in [5.41, 5.74) is 8.98. The van der Waals surface area contributed by atoms with Crippen molar-refractivity contribution in [2.24, 2.45) is 0 Å². The summed E-state index contributed by atoms with van der Waals surface area (Å²) >= 11 is 0. The Morgan fingerprint density at radius 1 is 0.950 bits per heavy atom. The number of nitrogen functional groups attached to an aromatic ring is 1. The Labute approximate surface area is 118 Å². The normalized spacial score (nSPS) is 20.9. The van der Waals surface area contributed by atoms with E-state index in [2.05, 4.69) is 25.3 Å². The molecule has 110 valence electrons. The molecule has 3 N–H and O–H groups in total. The zero-order valence-corrected chi connectivity index (χ0v) is 11.6. The number of nitrogens with two attached hydrogens (primary N) is 1. The second-order valence-electron chi connectivity index (χ2n) is 5.08. The third-order valence-corrected chi connectivity index (χ3v) is 3.55. The van der Waals surface area contributed by atoms with Gasteiger partial charge >= 0.3 is 0 Å². The molecule has 2 aliphatic rings. The molecule has 3 heterocycles. The topological polar surface area (TPSA) is 92.4 Å². The van der Waals surface area contributed by atoms with Gasteiger partial charge in [-0.1, -0.05) is 0 Å². The Morgan fingerprint density at radius 3 is 2.45 bits per heavy atom. The Hall–Kier alpha value is -1.67. The number of ether oxygens (including phenoxy) is 1. The van der Waals surface area contributed by atoms with Gasteiger partial charge in [-0.05, 0) is 19.3 Å². The lowest BCUT2D eigenvalue weighted by Gasteiger charge is -2.29. The van der Waals surface area contributed by atoms with Crippen LogP contribution >= 0.6 is 0 Å². The number of hydrazine groups is 1. The zero-order chi connectivity index (χ0) is 13.8. The maximum atomic E-state index is 5.80. The van der Waals surface area contributed by atoms with Gasteiger partial charge in [0.1, 0.15) is 0 Å². The number of anilines is 3. The number of hydrogen-bond donors (Lipinski definition) is 2. The molecule has 0 saturated carbocycles. The van der Waals surface area contributed by atoms with Crippen LogP contribution in [0.3, 0.4) is 0 Å². The Morgan fingerprint density at radius 2 is 1.70 bits per heavy atom. The van der Waals surface area contributed by atoms with Crippen LogP contribution in [0.15, 0.2) is 0 Å². The van der Waals surface area contributed by atoms with Crippen molar-refractivity contribution in [1.29, 1.82) is 0 Å². The first-order valence-electron chi connectivity index (χ1n) is 7.17. The fourth-order valence-electron chi connectivity index (χ4n) is 2.48. The van der Waals surface area contributed by atoms with Crippen LogP contribution in [0.2, 0.25) is 0 Å². The summed E-state index contributed by atoms with van der Waals surface area (Å²) in [5.74, 6) is 1.45. The zero-order valence-electron chi connectivity index (χ0n) is 11.6. The third kappa shape index (κ3) is 3.26. The molecule has 0 unspecified atom stereocenters. The van der Waals surface area contributed by atoms with Crippen LogP contribution in [0, 0.1) is 0 Å². The molecule has 0 radical (unpaired) electrons. The highest BCUT2D eigenvalue weighted by Gasteiger charge is 2.17. The van der Waals surface area contributed by atoms with Crippen LogP contribution in [0.4, 0.5) is 17.8 Å². The summed E-state index contributed by atoms with van der Waals surface area (Å²) in [5, 5.41) is 2.04. The van der Waals surface area contributed by atoms with Crippen molar-refractivity contribution in [1.82, 2.24) is 20.0 Å². The fourth-order valence-corrected chi connectivity index (χ4v) is 2.48. The van der Waals surface area contributed by atoms with E-state index in [0.717, 1.165) is 26.2 Å². The molecule has 0 amide bonds. The summed E-state index contributed by atoms with van der Waals surface area (Å²) in [4.78, 5) is 15.1. The van der Waals surface area contributed by atoms with Crippen molar-refractivity contribution >= 4 is 17.8 Å². The predicted molar refractivity (Wildman–Crippen MR) is 76.3 cm³/mol. The average molecular weight is 279 g/mol. The molecule has 0 atom stereocenters. The van der Waals surface area contributed by atoms with Gasteiger partial charge in [0.05, 0.1) is 13.2 Å². The lowest BCUT2D eigenvalue weighted by molar-refractivity contribution is 0.0492. The van der Waals surface area contributed by atoms with Gasteiger partial charge in [-0.15, -0.1) is 0 Å².